The van der Waals surface area contributed by atoms with E-state index in [2.05, 4.69) is 24.8 Å². The Balaban J connectivity index is 1.69. The van der Waals surface area contributed by atoms with Crippen LogP contribution in [0.2, 0.25) is 0 Å². The van der Waals surface area contributed by atoms with Gasteiger partial charge in [0.05, 0.1) is 4.90 Å². The quantitative estimate of drug-likeness (QED) is 0.773. The molecule has 1 aromatic carbocycles. The van der Waals surface area contributed by atoms with Crippen LogP contribution in [0, 0.1) is 0 Å². The van der Waals surface area contributed by atoms with E-state index < -0.39 is 10.0 Å². The van der Waals surface area contributed by atoms with Gasteiger partial charge in [-0.1, -0.05) is 11.6 Å². The van der Waals surface area contributed by atoms with Crippen molar-refractivity contribution in [3.8, 4) is 11.5 Å². The molecule has 132 valence electrons. The van der Waals surface area contributed by atoms with Gasteiger partial charge in [-0.15, -0.1) is 0 Å². The number of nitrogens with zero attached hydrogens (tertiary/aromatic N) is 2. The van der Waals surface area contributed by atoms with Crippen molar-refractivity contribution in [2.75, 3.05) is 45.9 Å². The molecule has 0 saturated carbocycles. The zero-order valence-electron chi connectivity index (χ0n) is 14.2. The normalized spacial score (nSPS) is 19.1. The van der Waals surface area contributed by atoms with Gasteiger partial charge in [0.15, 0.2) is 11.5 Å². The summed E-state index contributed by atoms with van der Waals surface area (Å²) in [5.41, 5.74) is 1.28. The van der Waals surface area contributed by atoms with Gasteiger partial charge < -0.3 is 9.47 Å². The van der Waals surface area contributed by atoms with E-state index in [0.717, 1.165) is 19.6 Å². The van der Waals surface area contributed by atoms with Crippen LogP contribution in [0.15, 0.2) is 34.7 Å². The van der Waals surface area contributed by atoms with Gasteiger partial charge in [0.25, 0.3) is 0 Å². The summed E-state index contributed by atoms with van der Waals surface area (Å²) in [7, 11) is -3.49. The Morgan fingerprint density at radius 2 is 1.75 bits per heavy atom. The predicted octanol–water partition coefficient (Wildman–Crippen LogP) is 1.73. The van der Waals surface area contributed by atoms with Gasteiger partial charge >= 0.3 is 0 Å². The molecule has 1 saturated heterocycles. The zero-order valence-corrected chi connectivity index (χ0v) is 15.0. The molecule has 0 N–H and O–H groups in total. The fourth-order valence-corrected chi connectivity index (χ4v) is 4.24. The van der Waals surface area contributed by atoms with Crippen molar-refractivity contribution in [1.82, 2.24) is 9.21 Å². The third-order valence-electron chi connectivity index (χ3n) is 4.24. The Labute approximate surface area is 143 Å². The van der Waals surface area contributed by atoms with Crippen molar-refractivity contribution in [2.45, 2.75) is 18.7 Å². The lowest BCUT2D eigenvalue weighted by Gasteiger charge is -2.33. The van der Waals surface area contributed by atoms with Crippen LogP contribution in [0.1, 0.15) is 13.8 Å². The topological polar surface area (TPSA) is 59.1 Å². The molecule has 0 spiro atoms. The van der Waals surface area contributed by atoms with E-state index in [1.165, 1.54) is 5.57 Å². The van der Waals surface area contributed by atoms with E-state index in [1.54, 1.807) is 22.5 Å². The second kappa shape index (κ2) is 7.13. The van der Waals surface area contributed by atoms with Crippen molar-refractivity contribution in [2.24, 2.45) is 0 Å². The number of hydrogen-bond donors (Lipinski definition) is 0. The molecule has 1 fully saturated rings. The lowest BCUT2D eigenvalue weighted by molar-refractivity contribution is 0.171. The molecule has 3 rings (SSSR count). The largest absolute Gasteiger partial charge is 0.486 e. The summed E-state index contributed by atoms with van der Waals surface area (Å²) >= 11 is 0. The number of ether oxygens (including phenoxy) is 2. The SMILES string of the molecule is CC(C)=CCN1CCN(S(=O)(=O)c2ccc3c(c2)OCCO3)CC1. The molecular weight excluding hydrogens is 328 g/mol. The van der Waals surface area contributed by atoms with Gasteiger partial charge in [-0.25, -0.2) is 8.42 Å². The smallest absolute Gasteiger partial charge is 0.243 e. The fourth-order valence-electron chi connectivity index (χ4n) is 2.80. The second-order valence-corrected chi connectivity index (χ2v) is 8.23. The first-order valence-electron chi connectivity index (χ1n) is 8.22. The number of allylic oxidation sites excluding steroid dienone is 1. The molecule has 0 atom stereocenters. The molecule has 2 aliphatic rings. The molecule has 24 heavy (non-hydrogen) atoms. The standard InChI is InChI=1S/C17H24N2O4S/c1-14(2)5-6-18-7-9-19(10-8-18)24(20,21)15-3-4-16-17(13-15)23-12-11-22-16/h3-5,13H,6-12H2,1-2H3. The number of piperazine rings is 1. The van der Waals surface area contributed by atoms with Crippen molar-refractivity contribution >= 4 is 10.0 Å². The van der Waals surface area contributed by atoms with E-state index in [-0.39, 0.29) is 4.90 Å². The van der Waals surface area contributed by atoms with E-state index in [0.29, 0.717) is 37.8 Å². The molecule has 0 aliphatic carbocycles. The lowest BCUT2D eigenvalue weighted by Crippen LogP contribution is -2.48. The van der Waals surface area contributed by atoms with Gasteiger partial charge in [0.1, 0.15) is 13.2 Å². The molecule has 0 radical (unpaired) electrons. The average molecular weight is 352 g/mol. The summed E-state index contributed by atoms with van der Waals surface area (Å²) in [5.74, 6) is 1.11. The first kappa shape index (κ1) is 17.3. The molecule has 0 aromatic heterocycles. The molecular formula is C17H24N2O4S. The maximum absolute atomic E-state index is 12.8. The minimum atomic E-state index is -3.49. The third-order valence-corrected chi connectivity index (χ3v) is 6.14. The fraction of sp³-hybridized carbons (Fsp3) is 0.529. The van der Waals surface area contributed by atoms with Crippen molar-refractivity contribution < 1.29 is 17.9 Å². The summed E-state index contributed by atoms with van der Waals surface area (Å²) in [6.45, 7) is 8.46. The molecule has 0 bridgehead atoms. The van der Waals surface area contributed by atoms with E-state index >= 15 is 0 Å². The Hall–Kier alpha value is -1.57. The summed E-state index contributed by atoms with van der Waals surface area (Å²) < 4.78 is 38.2. The van der Waals surface area contributed by atoms with Crippen molar-refractivity contribution in [3.05, 3.63) is 29.8 Å². The van der Waals surface area contributed by atoms with Gasteiger partial charge in [-0.05, 0) is 26.0 Å². The van der Waals surface area contributed by atoms with Gasteiger partial charge in [0.2, 0.25) is 10.0 Å². The van der Waals surface area contributed by atoms with Crippen LogP contribution in [-0.2, 0) is 10.0 Å². The van der Waals surface area contributed by atoms with Crippen LogP contribution in [0.3, 0.4) is 0 Å². The summed E-state index contributed by atoms with van der Waals surface area (Å²) in [4.78, 5) is 2.53. The van der Waals surface area contributed by atoms with Crippen molar-refractivity contribution in [1.29, 1.82) is 0 Å². The predicted molar refractivity (Wildman–Crippen MR) is 92.1 cm³/mol. The molecule has 2 aliphatic heterocycles. The number of hydrogen-bond acceptors (Lipinski definition) is 5. The first-order valence-corrected chi connectivity index (χ1v) is 9.66. The van der Waals surface area contributed by atoms with Crippen molar-refractivity contribution in [3.63, 3.8) is 0 Å². The van der Waals surface area contributed by atoms with Crippen LogP contribution >= 0.6 is 0 Å². The monoisotopic (exact) mass is 352 g/mol. The minimum absolute atomic E-state index is 0.268. The summed E-state index contributed by atoms with van der Waals surface area (Å²) in [6, 6.07) is 4.84. The third kappa shape index (κ3) is 3.74. The van der Waals surface area contributed by atoms with Gasteiger partial charge in [0, 0.05) is 38.8 Å². The molecule has 0 unspecified atom stereocenters. The molecule has 1 aromatic rings. The highest BCUT2D eigenvalue weighted by molar-refractivity contribution is 7.89. The number of fused-ring (bicyclic) bond motifs is 1. The van der Waals surface area contributed by atoms with Crippen LogP contribution in [0.25, 0.3) is 0 Å². The van der Waals surface area contributed by atoms with Gasteiger partial charge in [-0.3, -0.25) is 4.90 Å². The molecule has 0 amide bonds. The second-order valence-electron chi connectivity index (χ2n) is 6.29. The average Bonchev–Trinajstić information content (AvgIpc) is 2.60. The number of rotatable bonds is 4. The Bertz CT molecular complexity index is 718. The summed E-state index contributed by atoms with van der Waals surface area (Å²) in [6.07, 6.45) is 2.17. The van der Waals surface area contributed by atoms with Gasteiger partial charge in [-0.2, -0.15) is 4.31 Å². The summed E-state index contributed by atoms with van der Waals surface area (Å²) in [5, 5.41) is 0. The maximum atomic E-state index is 12.8. The van der Waals surface area contributed by atoms with Crippen LogP contribution in [0.5, 0.6) is 11.5 Å². The molecule has 6 nitrogen and oxygen atoms in total. The van der Waals surface area contributed by atoms with Crippen LogP contribution in [0.4, 0.5) is 0 Å². The lowest BCUT2D eigenvalue weighted by atomic mass is 10.3. The Kier molecular flexibility index (Phi) is 5.12. The number of benzene rings is 1. The minimum Gasteiger partial charge on any atom is -0.486 e. The zero-order chi connectivity index (χ0) is 17.2. The van der Waals surface area contributed by atoms with E-state index in [1.807, 2.05) is 0 Å². The van der Waals surface area contributed by atoms with E-state index in [9.17, 15) is 8.42 Å². The highest BCUT2D eigenvalue weighted by atomic mass is 32.2. The Morgan fingerprint density at radius 3 is 2.42 bits per heavy atom. The Morgan fingerprint density at radius 1 is 1.08 bits per heavy atom. The van der Waals surface area contributed by atoms with E-state index in [4.69, 9.17) is 9.47 Å². The highest BCUT2D eigenvalue weighted by Crippen LogP contribution is 2.33. The molecule has 7 heteroatoms. The highest BCUT2D eigenvalue weighted by Gasteiger charge is 2.29. The maximum Gasteiger partial charge on any atom is 0.243 e. The number of sulfonamides is 1. The molecule has 2 heterocycles. The van der Waals surface area contributed by atoms with Crippen LogP contribution in [-0.4, -0.2) is 63.6 Å². The van der Waals surface area contributed by atoms with Crippen LogP contribution < -0.4 is 9.47 Å². The first-order chi connectivity index (χ1) is 11.5.